The average Bonchev–Trinajstić information content (AvgIpc) is 2.36. The number of carboxylic acid groups (broad SMARTS) is 1. The minimum atomic E-state index is -3.46. The van der Waals surface area contributed by atoms with Gasteiger partial charge in [-0.3, -0.25) is 10.1 Å². The third kappa shape index (κ3) is 3.81. The number of aliphatic hydroxyl groups excluding tert-OH is 1. The molecule has 104 valence electrons. The van der Waals surface area contributed by atoms with E-state index in [0.717, 1.165) is 6.20 Å². The van der Waals surface area contributed by atoms with Crippen LogP contribution in [-0.4, -0.2) is 45.2 Å². The maximum atomic E-state index is 12.8. The zero-order valence-electron chi connectivity index (χ0n) is 9.34. The van der Waals surface area contributed by atoms with E-state index in [9.17, 15) is 23.7 Å². The van der Waals surface area contributed by atoms with E-state index in [4.69, 9.17) is 10.2 Å². The second-order valence-corrected chi connectivity index (χ2v) is 3.52. The molecule has 0 aliphatic carbocycles. The highest BCUT2D eigenvalue weighted by Crippen LogP contribution is 2.21. The summed E-state index contributed by atoms with van der Waals surface area (Å²) in [5.41, 5.74) is -1.18. The lowest BCUT2D eigenvalue weighted by molar-refractivity contribution is -0.385. The first-order valence-corrected chi connectivity index (χ1v) is 4.87. The van der Waals surface area contributed by atoms with Crippen molar-refractivity contribution in [1.82, 2.24) is 4.98 Å². The van der Waals surface area contributed by atoms with Crippen LogP contribution in [-0.2, 0) is 0 Å². The monoisotopic (exact) mass is 277 g/mol. The number of anilines is 1. The van der Waals surface area contributed by atoms with Crippen LogP contribution in [0.5, 0.6) is 0 Å². The molecule has 0 spiro atoms. The third-order valence-electron chi connectivity index (χ3n) is 2.06. The number of pyridine rings is 1. The van der Waals surface area contributed by atoms with Crippen LogP contribution in [0.4, 0.5) is 20.3 Å². The SMILES string of the molecule is O=C(O)c1cc([N+](=O)[O-])cnc1NCC(F)(F)CO. The van der Waals surface area contributed by atoms with Gasteiger partial charge in [0.2, 0.25) is 0 Å². The van der Waals surface area contributed by atoms with Crippen LogP contribution in [0, 0.1) is 10.1 Å². The summed E-state index contributed by atoms with van der Waals surface area (Å²) in [5.74, 6) is -5.45. The number of alkyl halides is 2. The van der Waals surface area contributed by atoms with Gasteiger partial charge in [-0.15, -0.1) is 0 Å². The average molecular weight is 277 g/mol. The smallest absolute Gasteiger partial charge is 0.339 e. The van der Waals surface area contributed by atoms with Gasteiger partial charge in [-0.2, -0.15) is 0 Å². The maximum Gasteiger partial charge on any atom is 0.339 e. The van der Waals surface area contributed by atoms with E-state index >= 15 is 0 Å². The molecule has 0 radical (unpaired) electrons. The Morgan fingerprint density at radius 1 is 1.58 bits per heavy atom. The predicted molar refractivity (Wildman–Crippen MR) is 58.4 cm³/mol. The first kappa shape index (κ1) is 14.7. The molecule has 0 aliphatic rings. The fourth-order valence-electron chi connectivity index (χ4n) is 1.13. The van der Waals surface area contributed by atoms with Crippen LogP contribution in [0.3, 0.4) is 0 Å². The summed E-state index contributed by atoms with van der Waals surface area (Å²) >= 11 is 0. The molecule has 0 fully saturated rings. The Morgan fingerprint density at radius 2 is 2.21 bits per heavy atom. The quantitative estimate of drug-likeness (QED) is 0.516. The van der Waals surface area contributed by atoms with Gasteiger partial charge in [-0.25, -0.2) is 18.6 Å². The molecule has 3 N–H and O–H groups in total. The van der Waals surface area contributed by atoms with Crippen molar-refractivity contribution in [2.45, 2.75) is 5.92 Å². The molecule has 0 saturated heterocycles. The van der Waals surface area contributed by atoms with Gasteiger partial charge in [0.1, 0.15) is 24.2 Å². The number of halogens is 2. The van der Waals surface area contributed by atoms with Gasteiger partial charge in [0.25, 0.3) is 11.6 Å². The first-order chi connectivity index (χ1) is 8.76. The molecule has 0 aliphatic heterocycles. The van der Waals surface area contributed by atoms with Gasteiger partial charge in [-0.1, -0.05) is 0 Å². The summed E-state index contributed by atoms with van der Waals surface area (Å²) in [6.45, 7) is -2.47. The van der Waals surface area contributed by atoms with Crippen molar-refractivity contribution in [2.24, 2.45) is 0 Å². The molecule has 0 aromatic carbocycles. The largest absolute Gasteiger partial charge is 0.478 e. The zero-order chi connectivity index (χ0) is 14.6. The van der Waals surface area contributed by atoms with Gasteiger partial charge in [-0.05, 0) is 0 Å². The number of aromatic carboxylic acids is 1. The molecule has 8 nitrogen and oxygen atoms in total. The summed E-state index contributed by atoms with van der Waals surface area (Å²) < 4.78 is 25.6. The number of hydrogen-bond donors (Lipinski definition) is 3. The number of nitro groups is 1. The highest BCUT2D eigenvalue weighted by Gasteiger charge is 2.28. The van der Waals surface area contributed by atoms with E-state index in [-0.39, 0.29) is 0 Å². The Hall–Kier alpha value is -2.36. The highest BCUT2D eigenvalue weighted by atomic mass is 19.3. The van der Waals surface area contributed by atoms with Gasteiger partial charge in [0, 0.05) is 6.07 Å². The van der Waals surface area contributed by atoms with Crippen LogP contribution in [0.15, 0.2) is 12.3 Å². The first-order valence-electron chi connectivity index (χ1n) is 4.87. The van der Waals surface area contributed by atoms with Crippen molar-refractivity contribution in [2.75, 3.05) is 18.5 Å². The van der Waals surface area contributed by atoms with Crippen LogP contribution in [0.2, 0.25) is 0 Å². The van der Waals surface area contributed by atoms with E-state index in [2.05, 4.69) is 4.98 Å². The standard InChI is InChI=1S/C9H9F2N3O5/c10-9(11,4-15)3-13-7-6(8(16)17)1-5(2-12-7)14(18)19/h1-2,15H,3-4H2,(H,12,13)(H,16,17). The Balaban J connectivity index is 3.01. The molecular formula is C9H9F2N3O5. The lowest BCUT2D eigenvalue weighted by Gasteiger charge is -2.15. The van der Waals surface area contributed by atoms with E-state index < -0.39 is 47.0 Å². The molecule has 19 heavy (non-hydrogen) atoms. The van der Waals surface area contributed by atoms with Crippen molar-refractivity contribution in [3.05, 3.63) is 27.9 Å². The summed E-state index contributed by atoms with van der Waals surface area (Å²) in [5, 5.41) is 29.6. The number of rotatable bonds is 6. The molecule has 0 atom stereocenters. The lowest BCUT2D eigenvalue weighted by atomic mass is 10.2. The number of nitrogens with one attached hydrogen (secondary N) is 1. The van der Waals surface area contributed by atoms with Crippen LogP contribution in [0.1, 0.15) is 10.4 Å². The molecule has 1 rings (SSSR count). The molecule has 0 unspecified atom stereocenters. The van der Waals surface area contributed by atoms with E-state index in [1.165, 1.54) is 0 Å². The van der Waals surface area contributed by atoms with Crippen LogP contribution in [0.25, 0.3) is 0 Å². The van der Waals surface area contributed by atoms with Crippen molar-refractivity contribution < 1.29 is 28.7 Å². The number of carbonyl (C=O) groups is 1. The van der Waals surface area contributed by atoms with Crippen LogP contribution < -0.4 is 5.32 Å². The summed E-state index contributed by atoms with van der Waals surface area (Å²) in [6, 6.07) is 0.703. The molecular weight excluding hydrogens is 268 g/mol. The Labute approximate surface area is 104 Å². The van der Waals surface area contributed by atoms with E-state index in [1.807, 2.05) is 5.32 Å². The van der Waals surface area contributed by atoms with Crippen LogP contribution >= 0.6 is 0 Å². The second-order valence-electron chi connectivity index (χ2n) is 3.52. The van der Waals surface area contributed by atoms with Gasteiger partial charge < -0.3 is 15.5 Å². The Bertz CT molecular complexity index is 509. The maximum absolute atomic E-state index is 12.8. The van der Waals surface area contributed by atoms with Crippen molar-refractivity contribution in [3.8, 4) is 0 Å². The van der Waals surface area contributed by atoms with Gasteiger partial charge >= 0.3 is 5.97 Å². The topological polar surface area (TPSA) is 126 Å². The number of hydrogen-bond acceptors (Lipinski definition) is 6. The van der Waals surface area contributed by atoms with Crippen molar-refractivity contribution >= 4 is 17.5 Å². The number of nitrogens with zero attached hydrogens (tertiary/aromatic N) is 2. The molecule has 1 heterocycles. The van der Waals surface area contributed by atoms with Crippen molar-refractivity contribution in [3.63, 3.8) is 0 Å². The minimum Gasteiger partial charge on any atom is -0.478 e. The lowest BCUT2D eigenvalue weighted by Crippen LogP contribution is -2.31. The Kier molecular flexibility index (Phi) is 4.27. The number of aliphatic hydroxyl groups is 1. The zero-order valence-corrected chi connectivity index (χ0v) is 9.34. The number of aromatic nitrogens is 1. The van der Waals surface area contributed by atoms with E-state index in [1.54, 1.807) is 0 Å². The molecule has 10 heteroatoms. The molecule has 0 bridgehead atoms. The summed E-state index contributed by atoms with van der Waals surface area (Å²) in [7, 11) is 0. The fraction of sp³-hybridized carbons (Fsp3) is 0.333. The highest BCUT2D eigenvalue weighted by molar-refractivity contribution is 5.93. The Morgan fingerprint density at radius 3 is 2.68 bits per heavy atom. The molecule has 1 aromatic heterocycles. The van der Waals surface area contributed by atoms with Crippen molar-refractivity contribution in [1.29, 1.82) is 0 Å². The normalized spacial score (nSPS) is 11.1. The van der Waals surface area contributed by atoms with Gasteiger partial charge in [0.05, 0.1) is 11.5 Å². The molecule has 0 saturated carbocycles. The third-order valence-corrected chi connectivity index (χ3v) is 2.06. The predicted octanol–water partition coefficient (Wildman–Crippen LogP) is 0.728. The van der Waals surface area contributed by atoms with Gasteiger partial charge in [0.15, 0.2) is 0 Å². The number of carboxylic acids is 1. The fourth-order valence-corrected chi connectivity index (χ4v) is 1.13. The second kappa shape index (κ2) is 5.52. The summed E-state index contributed by atoms with van der Waals surface area (Å²) in [4.78, 5) is 23.9. The minimum absolute atomic E-state index is 0.439. The molecule has 0 amide bonds. The molecule has 1 aromatic rings. The van der Waals surface area contributed by atoms with E-state index in [0.29, 0.717) is 6.07 Å². The summed E-state index contributed by atoms with van der Waals surface area (Å²) in [6.07, 6.45) is 0.742.